The van der Waals surface area contributed by atoms with Crippen LogP contribution in [0.3, 0.4) is 0 Å². The smallest absolute Gasteiger partial charge is 0.255 e. The first kappa shape index (κ1) is 21.5. The van der Waals surface area contributed by atoms with Gasteiger partial charge in [-0.05, 0) is 54.4 Å². The Morgan fingerprint density at radius 3 is 2.62 bits per heavy atom. The number of hydrogen-bond donors (Lipinski definition) is 1. The maximum atomic E-state index is 12.8. The van der Waals surface area contributed by atoms with Crippen molar-refractivity contribution in [1.29, 1.82) is 0 Å². The molecule has 0 aliphatic carbocycles. The summed E-state index contributed by atoms with van der Waals surface area (Å²) in [7, 11) is 4.53. The highest BCUT2D eigenvalue weighted by molar-refractivity contribution is 5.98. The normalized spacial score (nSPS) is 14.3. The van der Waals surface area contributed by atoms with Crippen LogP contribution in [-0.2, 0) is 6.42 Å². The zero-order chi connectivity index (χ0) is 22.7. The molecule has 166 valence electrons. The average molecular weight is 434 g/mol. The van der Waals surface area contributed by atoms with Gasteiger partial charge in [0.15, 0.2) is 11.5 Å². The van der Waals surface area contributed by atoms with Crippen molar-refractivity contribution in [3.8, 4) is 34.3 Å². The number of aryl methyl sites for hydroxylation is 1. The van der Waals surface area contributed by atoms with Crippen LogP contribution in [0.4, 0.5) is 0 Å². The lowest BCUT2D eigenvalue weighted by Crippen LogP contribution is -2.34. The van der Waals surface area contributed by atoms with Gasteiger partial charge in [-0.3, -0.25) is 9.78 Å². The van der Waals surface area contributed by atoms with E-state index in [2.05, 4.69) is 16.4 Å². The number of aromatic nitrogens is 1. The standard InChI is InChI=1S/C25H26N2O5/c1-15-6-5-11-26-22(15)16-7-9-20-17(12-16)13-18(32-20)14-27-25(28)19-8-10-21(29-2)24(31-4)23(19)30-3/h5-12,18H,13-14H2,1-4H3,(H,27,28)/t18-/m0/s1. The van der Waals surface area contributed by atoms with Crippen LogP contribution in [0.25, 0.3) is 11.3 Å². The number of nitrogens with one attached hydrogen (secondary N) is 1. The number of methoxy groups -OCH3 is 3. The molecule has 7 heteroatoms. The molecule has 0 radical (unpaired) electrons. The maximum absolute atomic E-state index is 12.8. The Labute approximate surface area is 187 Å². The van der Waals surface area contributed by atoms with Gasteiger partial charge in [-0.25, -0.2) is 0 Å². The minimum Gasteiger partial charge on any atom is -0.493 e. The Hall–Kier alpha value is -3.74. The minimum absolute atomic E-state index is 0.153. The van der Waals surface area contributed by atoms with Gasteiger partial charge >= 0.3 is 0 Å². The number of ether oxygens (including phenoxy) is 4. The number of nitrogens with zero attached hydrogens (tertiary/aromatic N) is 1. The van der Waals surface area contributed by atoms with Crippen LogP contribution >= 0.6 is 0 Å². The summed E-state index contributed by atoms with van der Waals surface area (Å²) in [6.07, 6.45) is 2.35. The molecule has 7 nitrogen and oxygen atoms in total. The molecule has 2 heterocycles. The fourth-order valence-corrected chi connectivity index (χ4v) is 3.95. The van der Waals surface area contributed by atoms with E-state index in [-0.39, 0.29) is 12.0 Å². The second kappa shape index (κ2) is 9.18. The molecule has 0 bridgehead atoms. The summed E-state index contributed by atoms with van der Waals surface area (Å²) in [6, 6.07) is 13.4. The Balaban J connectivity index is 1.45. The lowest BCUT2D eigenvalue weighted by Gasteiger charge is -2.16. The second-order valence-corrected chi connectivity index (χ2v) is 7.53. The fraction of sp³-hybridized carbons (Fsp3) is 0.280. The summed E-state index contributed by atoms with van der Waals surface area (Å²) >= 11 is 0. The van der Waals surface area contributed by atoms with Gasteiger partial charge in [0, 0.05) is 18.2 Å². The topological polar surface area (TPSA) is 78.9 Å². The quantitative estimate of drug-likeness (QED) is 0.609. The lowest BCUT2D eigenvalue weighted by atomic mass is 10.0. The van der Waals surface area contributed by atoms with Gasteiger partial charge in [0.1, 0.15) is 11.9 Å². The zero-order valence-electron chi connectivity index (χ0n) is 18.6. The van der Waals surface area contributed by atoms with Gasteiger partial charge in [0.2, 0.25) is 5.75 Å². The molecular formula is C25H26N2O5. The van der Waals surface area contributed by atoms with Gasteiger partial charge in [-0.2, -0.15) is 0 Å². The molecule has 2 aromatic carbocycles. The van der Waals surface area contributed by atoms with E-state index in [1.165, 1.54) is 21.3 Å². The van der Waals surface area contributed by atoms with Crippen molar-refractivity contribution in [3.05, 3.63) is 65.4 Å². The van der Waals surface area contributed by atoms with E-state index in [1.807, 2.05) is 31.2 Å². The Morgan fingerprint density at radius 1 is 1.09 bits per heavy atom. The van der Waals surface area contributed by atoms with Crippen LogP contribution in [0.5, 0.6) is 23.0 Å². The first-order chi connectivity index (χ1) is 15.5. The van der Waals surface area contributed by atoms with Crippen molar-refractivity contribution >= 4 is 5.91 Å². The van der Waals surface area contributed by atoms with Gasteiger partial charge in [-0.15, -0.1) is 0 Å². The predicted octanol–water partition coefficient (Wildman–Crippen LogP) is 3.82. The lowest BCUT2D eigenvalue weighted by molar-refractivity contribution is 0.0929. The maximum Gasteiger partial charge on any atom is 0.255 e. The highest BCUT2D eigenvalue weighted by Gasteiger charge is 2.26. The summed E-state index contributed by atoms with van der Waals surface area (Å²) in [4.78, 5) is 17.3. The zero-order valence-corrected chi connectivity index (χ0v) is 18.6. The molecule has 1 aliphatic heterocycles. The van der Waals surface area contributed by atoms with E-state index in [0.717, 1.165) is 28.1 Å². The molecule has 0 spiro atoms. The van der Waals surface area contributed by atoms with Crippen molar-refractivity contribution in [2.45, 2.75) is 19.4 Å². The molecule has 1 atom stereocenters. The summed E-state index contributed by atoms with van der Waals surface area (Å²) in [5.41, 5.74) is 4.63. The number of amides is 1. The molecule has 0 fully saturated rings. The first-order valence-electron chi connectivity index (χ1n) is 10.3. The number of carbonyl (C=O) groups is 1. The van der Waals surface area contributed by atoms with E-state index < -0.39 is 0 Å². The summed E-state index contributed by atoms with van der Waals surface area (Å²) in [5, 5.41) is 2.94. The van der Waals surface area contributed by atoms with Crippen LogP contribution in [-0.4, -0.2) is 44.9 Å². The summed E-state index contributed by atoms with van der Waals surface area (Å²) < 4.78 is 22.1. The van der Waals surface area contributed by atoms with Gasteiger partial charge in [-0.1, -0.05) is 6.07 Å². The monoisotopic (exact) mass is 434 g/mol. The van der Waals surface area contributed by atoms with Crippen molar-refractivity contribution < 1.29 is 23.7 Å². The minimum atomic E-state index is -0.271. The molecule has 1 N–H and O–H groups in total. The van der Waals surface area contributed by atoms with E-state index in [9.17, 15) is 4.79 Å². The number of benzene rings is 2. The molecule has 0 saturated heterocycles. The summed E-state index contributed by atoms with van der Waals surface area (Å²) in [6.45, 7) is 2.41. The van der Waals surface area contributed by atoms with Crippen LogP contribution in [0.15, 0.2) is 48.7 Å². The Morgan fingerprint density at radius 2 is 1.91 bits per heavy atom. The average Bonchev–Trinajstić information content (AvgIpc) is 3.23. The molecule has 0 unspecified atom stereocenters. The molecular weight excluding hydrogens is 408 g/mol. The molecule has 0 saturated carbocycles. The van der Waals surface area contributed by atoms with Crippen LogP contribution in [0.1, 0.15) is 21.5 Å². The highest BCUT2D eigenvalue weighted by atomic mass is 16.5. The number of pyridine rings is 1. The number of carbonyl (C=O) groups excluding carboxylic acids is 1. The SMILES string of the molecule is COc1ccc(C(=O)NC[C@@H]2Cc3cc(-c4ncccc4C)ccc3O2)c(OC)c1OC. The Bertz CT molecular complexity index is 1150. The molecule has 3 aromatic rings. The van der Waals surface area contributed by atoms with E-state index in [4.69, 9.17) is 18.9 Å². The first-order valence-corrected chi connectivity index (χ1v) is 10.3. The number of hydrogen-bond acceptors (Lipinski definition) is 6. The summed E-state index contributed by atoms with van der Waals surface area (Å²) in [5.74, 6) is 1.77. The third-order valence-corrected chi connectivity index (χ3v) is 5.52. The van der Waals surface area contributed by atoms with E-state index in [0.29, 0.717) is 35.8 Å². The molecule has 1 aliphatic rings. The predicted molar refractivity (Wildman–Crippen MR) is 121 cm³/mol. The van der Waals surface area contributed by atoms with Crippen molar-refractivity contribution in [2.24, 2.45) is 0 Å². The van der Waals surface area contributed by atoms with E-state index in [1.54, 1.807) is 18.3 Å². The number of fused-ring (bicyclic) bond motifs is 1. The Kier molecular flexibility index (Phi) is 6.16. The fourth-order valence-electron chi connectivity index (χ4n) is 3.95. The van der Waals surface area contributed by atoms with Crippen LogP contribution in [0.2, 0.25) is 0 Å². The number of rotatable bonds is 7. The van der Waals surface area contributed by atoms with E-state index >= 15 is 0 Å². The van der Waals surface area contributed by atoms with Gasteiger partial charge < -0.3 is 24.3 Å². The third-order valence-electron chi connectivity index (χ3n) is 5.52. The van der Waals surface area contributed by atoms with Crippen LogP contribution < -0.4 is 24.3 Å². The molecule has 1 aromatic heterocycles. The van der Waals surface area contributed by atoms with Gasteiger partial charge in [0.25, 0.3) is 5.91 Å². The van der Waals surface area contributed by atoms with Gasteiger partial charge in [0.05, 0.1) is 39.1 Å². The van der Waals surface area contributed by atoms with Crippen molar-refractivity contribution in [2.75, 3.05) is 27.9 Å². The molecule has 4 rings (SSSR count). The third kappa shape index (κ3) is 4.06. The highest BCUT2D eigenvalue weighted by Crippen LogP contribution is 2.39. The largest absolute Gasteiger partial charge is 0.493 e. The van der Waals surface area contributed by atoms with Crippen LogP contribution in [0, 0.1) is 6.92 Å². The van der Waals surface area contributed by atoms with Crippen molar-refractivity contribution in [3.63, 3.8) is 0 Å². The van der Waals surface area contributed by atoms with Crippen molar-refractivity contribution in [1.82, 2.24) is 10.3 Å². The molecule has 1 amide bonds. The molecule has 32 heavy (non-hydrogen) atoms. The second-order valence-electron chi connectivity index (χ2n) is 7.53.